The highest BCUT2D eigenvalue weighted by Gasteiger charge is 2.20. The Morgan fingerprint density at radius 3 is 3.15 bits per heavy atom. The fourth-order valence-electron chi connectivity index (χ4n) is 1.96. The highest BCUT2D eigenvalue weighted by Crippen LogP contribution is 2.31. The van der Waals surface area contributed by atoms with E-state index in [2.05, 4.69) is 15.3 Å². The Kier molecular flexibility index (Phi) is 1.17. The first-order valence-corrected chi connectivity index (χ1v) is 4.40. The summed E-state index contributed by atoms with van der Waals surface area (Å²) in [7, 11) is 1.99. The summed E-state index contributed by atoms with van der Waals surface area (Å²) in [4.78, 5) is 0. The molecule has 4 heteroatoms. The molecule has 0 radical (unpaired) electrons. The number of H-pyrrole nitrogens is 1. The predicted molar refractivity (Wildman–Crippen MR) is 48.2 cm³/mol. The summed E-state index contributed by atoms with van der Waals surface area (Å²) in [5.74, 6) is 0. The van der Waals surface area contributed by atoms with Crippen molar-refractivity contribution in [1.29, 1.82) is 0 Å². The molecule has 13 heavy (non-hydrogen) atoms. The molecule has 0 saturated heterocycles. The third-order valence-corrected chi connectivity index (χ3v) is 2.68. The lowest BCUT2D eigenvalue weighted by Crippen LogP contribution is -2.06. The van der Waals surface area contributed by atoms with Gasteiger partial charge in [-0.1, -0.05) is 0 Å². The van der Waals surface area contributed by atoms with Crippen LogP contribution >= 0.6 is 0 Å². The van der Waals surface area contributed by atoms with Gasteiger partial charge >= 0.3 is 0 Å². The average Bonchev–Trinajstić information content (AvgIpc) is 2.70. The summed E-state index contributed by atoms with van der Waals surface area (Å²) in [6, 6.07) is 0. The Morgan fingerprint density at radius 1 is 1.31 bits per heavy atom. The standard InChI is InChI=1S/C9H10N4/c1-13-9-3-2-8-6(4-10-12-8)7(9)5-11-13/h4-5H,2-3H2,1H3,(H,10,12). The monoisotopic (exact) mass is 174 g/mol. The number of aromatic nitrogens is 4. The molecule has 0 amide bonds. The van der Waals surface area contributed by atoms with Gasteiger partial charge in [0.2, 0.25) is 0 Å². The van der Waals surface area contributed by atoms with Crippen LogP contribution in [-0.2, 0) is 19.9 Å². The number of nitrogens with zero attached hydrogens (tertiary/aromatic N) is 3. The van der Waals surface area contributed by atoms with Crippen molar-refractivity contribution < 1.29 is 0 Å². The van der Waals surface area contributed by atoms with Gasteiger partial charge in [0.1, 0.15) is 0 Å². The van der Waals surface area contributed by atoms with Crippen LogP contribution in [0.25, 0.3) is 11.1 Å². The van der Waals surface area contributed by atoms with E-state index in [0.717, 1.165) is 12.8 Å². The van der Waals surface area contributed by atoms with Crippen molar-refractivity contribution in [1.82, 2.24) is 20.0 Å². The lowest BCUT2D eigenvalue weighted by Gasteiger charge is -2.11. The van der Waals surface area contributed by atoms with Gasteiger partial charge in [-0.2, -0.15) is 10.2 Å². The van der Waals surface area contributed by atoms with E-state index in [0.29, 0.717) is 0 Å². The highest BCUT2D eigenvalue weighted by atomic mass is 15.3. The fourth-order valence-corrected chi connectivity index (χ4v) is 1.96. The maximum Gasteiger partial charge on any atom is 0.0572 e. The molecule has 0 atom stereocenters. The average molecular weight is 174 g/mol. The van der Waals surface area contributed by atoms with Crippen LogP contribution in [0.2, 0.25) is 0 Å². The van der Waals surface area contributed by atoms with Crippen LogP contribution in [0, 0.1) is 0 Å². The number of hydrogen-bond acceptors (Lipinski definition) is 2. The fraction of sp³-hybridized carbons (Fsp3) is 0.333. The first-order chi connectivity index (χ1) is 6.36. The second-order valence-electron chi connectivity index (χ2n) is 3.39. The molecule has 1 aliphatic carbocycles. The normalized spacial score (nSPS) is 13.9. The van der Waals surface area contributed by atoms with E-state index >= 15 is 0 Å². The SMILES string of the molecule is Cn1ncc2c1CCc1[nH]ncc1-2. The Labute approximate surface area is 75.6 Å². The van der Waals surface area contributed by atoms with Crippen molar-refractivity contribution in [3.8, 4) is 11.1 Å². The Morgan fingerprint density at radius 2 is 2.23 bits per heavy atom. The van der Waals surface area contributed by atoms with Gasteiger partial charge in [-0.25, -0.2) is 0 Å². The van der Waals surface area contributed by atoms with Gasteiger partial charge < -0.3 is 0 Å². The van der Waals surface area contributed by atoms with Crippen molar-refractivity contribution in [2.75, 3.05) is 0 Å². The molecule has 4 nitrogen and oxygen atoms in total. The van der Waals surface area contributed by atoms with Gasteiger partial charge in [-0.05, 0) is 12.8 Å². The summed E-state index contributed by atoms with van der Waals surface area (Å²) < 4.78 is 1.95. The van der Waals surface area contributed by atoms with Crippen molar-refractivity contribution in [3.63, 3.8) is 0 Å². The van der Waals surface area contributed by atoms with Gasteiger partial charge in [0, 0.05) is 29.6 Å². The molecule has 0 bridgehead atoms. The lowest BCUT2D eigenvalue weighted by molar-refractivity contribution is 0.696. The maximum atomic E-state index is 4.25. The smallest absolute Gasteiger partial charge is 0.0572 e. The number of rotatable bonds is 0. The van der Waals surface area contributed by atoms with Gasteiger partial charge in [-0.15, -0.1) is 0 Å². The third kappa shape index (κ3) is 0.798. The van der Waals surface area contributed by atoms with E-state index < -0.39 is 0 Å². The minimum atomic E-state index is 1.04. The molecule has 0 saturated carbocycles. The summed E-state index contributed by atoms with van der Waals surface area (Å²) in [6.45, 7) is 0. The van der Waals surface area contributed by atoms with E-state index in [9.17, 15) is 0 Å². The summed E-state index contributed by atoms with van der Waals surface area (Å²) in [5.41, 5.74) is 5.00. The minimum absolute atomic E-state index is 1.04. The van der Waals surface area contributed by atoms with E-state index in [-0.39, 0.29) is 0 Å². The van der Waals surface area contributed by atoms with Crippen LogP contribution < -0.4 is 0 Å². The summed E-state index contributed by atoms with van der Waals surface area (Å²) in [5, 5.41) is 11.3. The van der Waals surface area contributed by atoms with Gasteiger partial charge in [0.15, 0.2) is 0 Å². The summed E-state index contributed by atoms with van der Waals surface area (Å²) >= 11 is 0. The van der Waals surface area contributed by atoms with Crippen molar-refractivity contribution in [2.24, 2.45) is 7.05 Å². The highest BCUT2D eigenvalue weighted by molar-refractivity contribution is 5.69. The van der Waals surface area contributed by atoms with Gasteiger partial charge in [0.05, 0.1) is 12.4 Å². The number of aromatic amines is 1. The number of fused-ring (bicyclic) bond motifs is 3. The number of nitrogens with one attached hydrogen (secondary N) is 1. The minimum Gasteiger partial charge on any atom is -0.282 e. The van der Waals surface area contributed by atoms with E-state index in [1.165, 1.54) is 22.5 Å². The van der Waals surface area contributed by atoms with Crippen LogP contribution in [0.1, 0.15) is 11.4 Å². The molecule has 0 spiro atoms. The van der Waals surface area contributed by atoms with E-state index in [4.69, 9.17) is 0 Å². The molecule has 0 fully saturated rings. The Hall–Kier alpha value is -1.58. The molecule has 1 aliphatic rings. The molecular formula is C9H10N4. The predicted octanol–water partition coefficient (Wildman–Crippen LogP) is 0.909. The third-order valence-electron chi connectivity index (χ3n) is 2.68. The zero-order chi connectivity index (χ0) is 8.84. The van der Waals surface area contributed by atoms with Crippen LogP contribution in [0.5, 0.6) is 0 Å². The van der Waals surface area contributed by atoms with Crippen molar-refractivity contribution in [3.05, 3.63) is 23.8 Å². The summed E-state index contributed by atoms with van der Waals surface area (Å²) in [6.07, 6.45) is 5.90. The quantitative estimate of drug-likeness (QED) is 0.645. The van der Waals surface area contributed by atoms with Gasteiger partial charge in [-0.3, -0.25) is 9.78 Å². The first kappa shape index (κ1) is 6.88. The van der Waals surface area contributed by atoms with Crippen LogP contribution in [0.15, 0.2) is 12.4 Å². The molecule has 1 N–H and O–H groups in total. The number of aryl methyl sites for hydroxylation is 2. The van der Waals surface area contributed by atoms with Crippen LogP contribution in [0.3, 0.4) is 0 Å². The zero-order valence-electron chi connectivity index (χ0n) is 7.41. The van der Waals surface area contributed by atoms with E-state index in [1.807, 2.05) is 24.1 Å². The molecular weight excluding hydrogens is 164 g/mol. The lowest BCUT2D eigenvalue weighted by atomic mass is 9.96. The topological polar surface area (TPSA) is 46.5 Å². The second kappa shape index (κ2) is 2.22. The molecule has 2 aromatic rings. The van der Waals surface area contributed by atoms with E-state index in [1.54, 1.807) is 0 Å². The molecule has 0 unspecified atom stereocenters. The first-order valence-electron chi connectivity index (χ1n) is 4.40. The zero-order valence-corrected chi connectivity index (χ0v) is 7.41. The molecule has 66 valence electrons. The Balaban J connectivity index is 2.31. The number of hydrogen-bond donors (Lipinski definition) is 1. The maximum absolute atomic E-state index is 4.25. The molecule has 2 heterocycles. The molecule has 3 rings (SSSR count). The van der Waals surface area contributed by atoms with Crippen molar-refractivity contribution >= 4 is 0 Å². The van der Waals surface area contributed by atoms with Crippen LogP contribution in [0.4, 0.5) is 0 Å². The van der Waals surface area contributed by atoms with Crippen LogP contribution in [-0.4, -0.2) is 20.0 Å². The molecule has 0 aromatic carbocycles. The Bertz CT molecular complexity index is 452. The molecule has 2 aromatic heterocycles. The van der Waals surface area contributed by atoms with Gasteiger partial charge in [0.25, 0.3) is 0 Å². The second-order valence-corrected chi connectivity index (χ2v) is 3.39. The molecule has 0 aliphatic heterocycles. The van der Waals surface area contributed by atoms with Crippen molar-refractivity contribution in [2.45, 2.75) is 12.8 Å². The largest absolute Gasteiger partial charge is 0.282 e.